The number of hydrogen-bond acceptors (Lipinski definition) is 3. The van der Waals surface area contributed by atoms with Crippen molar-refractivity contribution in [2.75, 3.05) is 19.8 Å². The molecule has 5 heteroatoms. The quantitative estimate of drug-likeness (QED) is 0.754. The zero-order valence-electron chi connectivity index (χ0n) is 16.2. The number of para-hydroxylation sites is 1. The summed E-state index contributed by atoms with van der Waals surface area (Å²) in [5.41, 5.74) is 2.18. The van der Waals surface area contributed by atoms with E-state index >= 15 is 0 Å². The van der Waals surface area contributed by atoms with Gasteiger partial charge in [0.05, 0.1) is 6.61 Å². The van der Waals surface area contributed by atoms with Crippen LogP contribution in [0.4, 0.5) is 4.79 Å². The van der Waals surface area contributed by atoms with Crippen molar-refractivity contribution in [1.29, 1.82) is 0 Å². The van der Waals surface area contributed by atoms with E-state index in [9.17, 15) is 4.79 Å². The Morgan fingerprint density at radius 1 is 1.07 bits per heavy atom. The topological polar surface area (TPSA) is 50.8 Å². The molecule has 2 amide bonds. The highest BCUT2D eigenvalue weighted by molar-refractivity contribution is 5.75. The molecule has 28 heavy (non-hydrogen) atoms. The van der Waals surface area contributed by atoms with E-state index in [0.717, 1.165) is 55.9 Å². The number of nitrogens with one attached hydrogen (secondary N) is 1. The molecule has 2 fully saturated rings. The van der Waals surface area contributed by atoms with Crippen LogP contribution in [0.3, 0.4) is 0 Å². The van der Waals surface area contributed by atoms with E-state index in [0.29, 0.717) is 25.1 Å². The van der Waals surface area contributed by atoms with Crippen LogP contribution in [0.5, 0.6) is 5.75 Å². The zero-order valence-corrected chi connectivity index (χ0v) is 16.2. The third kappa shape index (κ3) is 5.26. The Morgan fingerprint density at radius 2 is 1.89 bits per heavy atom. The summed E-state index contributed by atoms with van der Waals surface area (Å²) in [6.45, 7) is 3.45. The number of carbonyl (C=O) groups is 1. The first-order valence-electron chi connectivity index (χ1n) is 10.2. The molecule has 148 valence electrons. The number of amides is 2. The second-order valence-electron chi connectivity index (χ2n) is 7.69. The SMILES string of the molecule is O=C(NCc1cccc(COc2ccccc2)c1)N(CC1CCOC1)C1CC1. The van der Waals surface area contributed by atoms with Gasteiger partial charge in [-0.2, -0.15) is 0 Å². The minimum atomic E-state index is 0.0420. The van der Waals surface area contributed by atoms with Crippen molar-refractivity contribution in [3.05, 3.63) is 65.7 Å². The van der Waals surface area contributed by atoms with E-state index < -0.39 is 0 Å². The fourth-order valence-corrected chi connectivity index (χ4v) is 3.58. The van der Waals surface area contributed by atoms with Gasteiger partial charge >= 0.3 is 6.03 Å². The average Bonchev–Trinajstić information content (AvgIpc) is 3.45. The molecule has 2 aromatic rings. The second kappa shape index (κ2) is 9.11. The van der Waals surface area contributed by atoms with Gasteiger partial charge in [-0.1, -0.05) is 42.5 Å². The molecule has 1 unspecified atom stereocenters. The summed E-state index contributed by atoms with van der Waals surface area (Å²) >= 11 is 0. The molecule has 1 aliphatic carbocycles. The molecule has 1 saturated heterocycles. The molecular formula is C23H28N2O3. The molecule has 0 bridgehead atoms. The van der Waals surface area contributed by atoms with Gasteiger partial charge in [-0.3, -0.25) is 0 Å². The Hall–Kier alpha value is -2.53. The second-order valence-corrected chi connectivity index (χ2v) is 7.69. The van der Waals surface area contributed by atoms with E-state index in [2.05, 4.69) is 11.4 Å². The van der Waals surface area contributed by atoms with Crippen LogP contribution in [0.1, 0.15) is 30.4 Å². The molecule has 2 aliphatic rings. The molecule has 4 rings (SSSR count). The largest absolute Gasteiger partial charge is 0.489 e. The van der Waals surface area contributed by atoms with Crippen LogP contribution in [0.2, 0.25) is 0 Å². The summed E-state index contributed by atoms with van der Waals surface area (Å²) in [6, 6.07) is 18.4. The summed E-state index contributed by atoms with van der Waals surface area (Å²) in [6.07, 6.45) is 3.29. The summed E-state index contributed by atoms with van der Waals surface area (Å²) < 4.78 is 11.3. The van der Waals surface area contributed by atoms with Gasteiger partial charge in [0.1, 0.15) is 12.4 Å². The Balaban J connectivity index is 1.29. The summed E-state index contributed by atoms with van der Waals surface area (Å²) in [7, 11) is 0. The minimum Gasteiger partial charge on any atom is -0.489 e. The normalized spacial score (nSPS) is 18.6. The van der Waals surface area contributed by atoms with Crippen LogP contribution in [0.25, 0.3) is 0 Å². The minimum absolute atomic E-state index is 0.0420. The third-order valence-corrected chi connectivity index (χ3v) is 5.31. The standard InChI is InChI=1S/C23H28N2O3/c26-23(25(21-9-10-21)15-20-11-12-27-16-20)24-14-18-5-4-6-19(13-18)17-28-22-7-2-1-3-8-22/h1-8,13,20-21H,9-12,14-17H2,(H,24,26). The number of rotatable bonds is 8. The zero-order chi connectivity index (χ0) is 19.2. The van der Waals surface area contributed by atoms with Gasteiger partial charge < -0.3 is 19.7 Å². The Labute approximate surface area is 166 Å². The Bertz CT molecular complexity index is 770. The van der Waals surface area contributed by atoms with Crippen LogP contribution < -0.4 is 10.1 Å². The van der Waals surface area contributed by atoms with Gasteiger partial charge in [-0.05, 0) is 42.5 Å². The lowest BCUT2D eigenvalue weighted by atomic mass is 10.1. The number of ether oxygens (including phenoxy) is 2. The third-order valence-electron chi connectivity index (χ3n) is 5.31. The van der Waals surface area contributed by atoms with Gasteiger partial charge in [0, 0.05) is 31.7 Å². The van der Waals surface area contributed by atoms with Gasteiger partial charge in [0.25, 0.3) is 0 Å². The summed E-state index contributed by atoms with van der Waals surface area (Å²) in [4.78, 5) is 14.7. The van der Waals surface area contributed by atoms with E-state index in [4.69, 9.17) is 9.47 Å². The number of urea groups is 1. The maximum absolute atomic E-state index is 12.7. The lowest BCUT2D eigenvalue weighted by Gasteiger charge is -2.25. The molecular weight excluding hydrogens is 352 g/mol. The van der Waals surface area contributed by atoms with E-state index in [1.807, 2.05) is 53.4 Å². The predicted molar refractivity (Wildman–Crippen MR) is 108 cm³/mol. The van der Waals surface area contributed by atoms with Crippen molar-refractivity contribution >= 4 is 6.03 Å². The van der Waals surface area contributed by atoms with Crippen LogP contribution in [-0.2, 0) is 17.9 Å². The molecule has 5 nitrogen and oxygen atoms in total. The maximum Gasteiger partial charge on any atom is 0.317 e. The van der Waals surface area contributed by atoms with Gasteiger partial charge in [0.15, 0.2) is 0 Å². The molecule has 1 atom stereocenters. The van der Waals surface area contributed by atoms with Crippen LogP contribution in [0.15, 0.2) is 54.6 Å². The monoisotopic (exact) mass is 380 g/mol. The lowest BCUT2D eigenvalue weighted by molar-refractivity contribution is 0.162. The molecule has 1 saturated carbocycles. The van der Waals surface area contributed by atoms with E-state index in [-0.39, 0.29) is 6.03 Å². The summed E-state index contributed by atoms with van der Waals surface area (Å²) in [5, 5.41) is 3.10. The summed E-state index contributed by atoms with van der Waals surface area (Å²) in [5.74, 6) is 1.34. The smallest absolute Gasteiger partial charge is 0.317 e. The molecule has 2 aromatic carbocycles. The van der Waals surface area contributed by atoms with Gasteiger partial charge in [-0.25, -0.2) is 4.79 Å². The number of carbonyl (C=O) groups excluding carboxylic acids is 1. The fraction of sp³-hybridized carbons (Fsp3) is 0.435. The molecule has 1 aliphatic heterocycles. The first kappa shape index (κ1) is 18.8. The predicted octanol–water partition coefficient (Wildman–Crippen LogP) is 3.98. The van der Waals surface area contributed by atoms with Crippen LogP contribution >= 0.6 is 0 Å². The first-order chi connectivity index (χ1) is 13.8. The van der Waals surface area contributed by atoms with Crippen molar-refractivity contribution in [1.82, 2.24) is 10.2 Å². The van der Waals surface area contributed by atoms with E-state index in [1.54, 1.807) is 0 Å². The van der Waals surface area contributed by atoms with Crippen molar-refractivity contribution in [2.45, 2.75) is 38.5 Å². The van der Waals surface area contributed by atoms with Crippen molar-refractivity contribution in [2.24, 2.45) is 5.92 Å². The average molecular weight is 380 g/mol. The fourth-order valence-electron chi connectivity index (χ4n) is 3.58. The Morgan fingerprint density at radius 3 is 2.64 bits per heavy atom. The molecule has 1 heterocycles. The van der Waals surface area contributed by atoms with Crippen molar-refractivity contribution in [3.63, 3.8) is 0 Å². The highest BCUT2D eigenvalue weighted by atomic mass is 16.5. The lowest BCUT2D eigenvalue weighted by Crippen LogP contribution is -2.43. The Kier molecular flexibility index (Phi) is 6.12. The molecule has 0 radical (unpaired) electrons. The van der Waals surface area contributed by atoms with E-state index in [1.165, 1.54) is 0 Å². The van der Waals surface area contributed by atoms with Crippen molar-refractivity contribution < 1.29 is 14.3 Å². The van der Waals surface area contributed by atoms with Gasteiger partial charge in [0.2, 0.25) is 0 Å². The van der Waals surface area contributed by atoms with Crippen molar-refractivity contribution in [3.8, 4) is 5.75 Å². The molecule has 0 aromatic heterocycles. The van der Waals surface area contributed by atoms with Crippen LogP contribution in [-0.4, -0.2) is 36.7 Å². The molecule has 1 N–H and O–H groups in total. The van der Waals surface area contributed by atoms with Gasteiger partial charge in [-0.15, -0.1) is 0 Å². The van der Waals surface area contributed by atoms with Crippen LogP contribution in [0, 0.1) is 5.92 Å². The number of nitrogens with zero attached hydrogens (tertiary/aromatic N) is 1. The highest BCUT2D eigenvalue weighted by Crippen LogP contribution is 2.29. The maximum atomic E-state index is 12.7. The number of hydrogen-bond donors (Lipinski definition) is 1. The first-order valence-corrected chi connectivity index (χ1v) is 10.2. The highest BCUT2D eigenvalue weighted by Gasteiger charge is 2.34. The number of benzene rings is 2. The molecule has 0 spiro atoms.